The van der Waals surface area contributed by atoms with Crippen molar-refractivity contribution in [3.05, 3.63) is 0 Å². The first-order chi connectivity index (χ1) is 6.05. The highest BCUT2D eigenvalue weighted by Gasteiger charge is 2.27. The molecule has 1 rings (SSSR count). The van der Waals surface area contributed by atoms with Gasteiger partial charge in [0.1, 0.15) is 0 Å². The van der Waals surface area contributed by atoms with E-state index in [9.17, 15) is 8.42 Å². The lowest BCUT2D eigenvalue weighted by Crippen LogP contribution is -2.33. The summed E-state index contributed by atoms with van der Waals surface area (Å²) in [4.78, 5) is 0. The molecule has 0 aromatic heterocycles. The summed E-state index contributed by atoms with van der Waals surface area (Å²) < 4.78 is 24.5. The molecule has 88 valence electrons. The normalized spacial score (nSPS) is 17.2. The van der Waals surface area contributed by atoms with Crippen LogP contribution >= 0.6 is 0 Å². The molecular weight excluding hydrogens is 198 g/mol. The summed E-state index contributed by atoms with van der Waals surface area (Å²) in [5, 5.41) is -0.263. The molecule has 4 heteroatoms. The van der Waals surface area contributed by atoms with Crippen molar-refractivity contribution in [2.24, 2.45) is 0 Å². The summed E-state index contributed by atoms with van der Waals surface area (Å²) in [7, 11) is -2.94. The largest absolute Gasteiger partial charge is 0.216 e. The van der Waals surface area contributed by atoms with Gasteiger partial charge < -0.3 is 0 Å². The molecule has 0 radical (unpaired) electrons. The van der Waals surface area contributed by atoms with Crippen LogP contribution in [0.1, 0.15) is 48.0 Å². The van der Waals surface area contributed by atoms with Crippen molar-refractivity contribution >= 4 is 10.0 Å². The van der Waals surface area contributed by atoms with Gasteiger partial charge in [-0.15, -0.1) is 0 Å². The molecule has 0 aromatic rings. The van der Waals surface area contributed by atoms with Crippen LogP contribution in [0.25, 0.3) is 0 Å². The van der Waals surface area contributed by atoms with Crippen LogP contribution in [-0.2, 0) is 10.0 Å². The molecule has 1 heterocycles. The number of rotatable bonds is 2. The lowest BCUT2D eigenvalue weighted by atomic mass is 10.4. The average Bonchev–Trinajstić information content (AvgIpc) is 2.60. The second kappa shape index (κ2) is 7.23. The number of nitrogens with zero attached hydrogens (tertiary/aromatic N) is 1. The van der Waals surface area contributed by atoms with Crippen molar-refractivity contribution in [3.8, 4) is 0 Å². The second-order valence-electron chi connectivity index (χ2n) is 3.20. The van der Waals surface area contributed by atoms with Gasteiger partial charge in [-0.1, -0.05) is 21.3 Å². The van der Waals surface area contributed by atoms with Gasteiger partial charge in [-0.2, -0.15) is 0 Å². The van der Waals surface area contributed by atoms with E-state index in [0.29, 0.717) is 0 Å². The number of hydrogen-bond acceptors (Lipinski definition) is 2. The summed E-state index contributed by atoms with van der Waals surface area (Å²) in [5.74, 6) is 0. The smallest absolute Gasteiger partial charge is 0.212 e. The molecular formula is C10H25NO2S. The third kappa shape index (κ3) is 3.96. The van der Waals surface area contributed by atoms with E-state index < -0.39 is 10.0 Å². The second-order valence-corrected chi connectivity index (χ2v) is 5.69. The molecule has 0 bridgehead atoms. The summed E-state index contributed by atoms with van der Waals surface area (Å²) in [6.07, 6.45) is 2.04. The third-order valence-electron chi connectivity index (χ3n) is 2.02. The van der Waals surface area contributed by atoms with Crippen molar-refractivity contribution in [3.63, 3.8) is 0 Å². The van der Waals surface area contributed by atoms with Gasteiger partial charge in [0.25, 0.3) is 0 Å². The van der Waals surface area contributed by atoms with Crippen LogP contribution in [0, 0.1) is 0 Å². The van der Waals surface area contributed by atoms with Gasteiger partial charge in [-0.25, -0.2) is 12.7 Å². The van der Waals surface area contributed by atoms with E-state index in [1.54, 1.807) is 18.2 Å². The molecule has 3 nitrogen and oxygen atoms in total. The molecule has 0 atom stereocenters. The highest BCUT2D eigenvalue weighted by atomic mass is 32.2. The summed E-state index contributed by atoms with van der Waals surface area (Å²) >= 11 is 0. The van der Waals surface area contributed by atoms with Crippen LogP contribution in [0.15, 0.2) is 0 Å². The van der Waals surface area contributed by atoms with E-state index in [-0.39, 0.29) is 12.7 Å². The zero-order valence-electron chi connectivity index (χ0n) is 9.08. The van der Waals surface area contributed by atoms with E-state index in [1.165, 1.54) is 0 Å². The van der Waals surface area contributed by atoms with Crippen LogP contribution in [0.2, 0.25) is 0 Å². The van der Waals surface area contributed by atoms with Crippen molar-refractivity contribution in [2.75, 3.05) is 13.1 Å². The molecule has 14 heavy (non-hydrogen) atoms. The Labute approximate surface area is 89.6 Å². The zero-order chi connectivity index (χ0) is 10.5. The molecule has 1 saturated heterocycles. The SMILES string of the molecule is C.CC.CC(C)S(=O)(=O)N1CCCC1. The third-order valence-corrected chi connectivity index (χ3v) is 4.30. The molecule has 0 N–H and O–H groups in total. The first-order valence-electron chi connectivity index (χ1n) is 5.04. The summed E-state index contributed by atoms with van der Waals surface area (Å²) in [5.41, 5.74) is 0. The Hall–Kier alpha value is -0.0900. The highest BCUT2D eigenvalue weighted by molar-refractivity contribution is 7.89. The molecule has 0 aromatic carbocycles. The monoisotopic (exact) mass is 223 g/mol. The van der Waals surface area contributed by atoms with Crippen LogP contribution in [-0.4, -0.2) is 31.1 Å². The highest BCUT2D eigenvalue weighted by Crippen LogP contribution is 2.15. The molecule has 0 amide bonds. The Morgan fingerprint density at radius 2 is 1.43 bits per heavy atom. The van der Waals surface area contributed by atoms with Gasteiger partial charge in [-0.3, -0.25) is 0 Å². The predicted molar refractivity (Wildman–Crippen MR) is 62.9 cm³/mol. The van der Waals surface area contributed by atoms with Crippen molar-refractivity contribution in [1.29, 1.82) is 0 Å². The van der Waals surface area contributed by atoms with Gasteiger partial charge >= 0.3 is 0 Å². The van der Waals surface area contributed by atoms with Crippen LogP contribution in [0.4, 0.5) is 0 Å². The van der Waals surface area contributed by atoms with Crippen LogP contribution in [0.5, 0.6) is 0 Å². The molecule has 1 aliphatic heterocycles. The first-order valence-corrected chi connectivity index (χ1v) is 6.54. The van der Waals surface area contributed by atoms with E-state index >= 15 is 0 Å². The van der Waals surface area contributed by atoms with E-state index in [1.807, 2.05) is 13.8 Å². The Morgan fingerprint density at radius 3 is 1.71 bits per heavy atom. The van der Waals surface area contributed by atoms with Crippen molar-refractivity contribution in [1.82, 2.24) is 4.31 Å². The minimum absolute atomic E-state index is 0. The fourth-order valence-electron chi connectivity index (χ4n) is 1.24. The predicted octanol–water partition coefficient (Wildman–Crippen LogP) is 2.48. The Morgan fingerprint density at radius 1 is 1.07 bits per heavy atom. The fraction of sp³-hybridized carbons (Fsp3) is 1.00. The van der Waals surface area contributed by atoms with Gasteiger partial charge in [-0.05, 0) is 26.7 Å². The van der Waals surface area contributed by atoms with E-state index in [2.05, 4.69) is 0 Å². The lowest BCUT2D eigenvalue weighted by molar-refractivity contribution is 0.470. The first kappa shape index (κ1) is 16.3. The Bertz CT molecular complexity index is 216. The summed E-state index contributed by atoms with van der Waals surface area (Å²) in [6.45, 7) is 8.91. The Kier molecular flexibility index (Phi) is 8.45. The molecule has 1 aliphatic rings. The van der Waals surface area contributed by atoms with Gasteiger partial charge in [0.15, 0.2) is 0 Å². The minimum Gasteiger partial charge on any atom is -0.212 e. The standard InChI is InChI=1S/C7H15NO2S.C2H6.CH4/c1-7(2)11(9,10)8-5-3-4-6-8;1-2;/h7H,3-6H2,1-2H3;1-2H3;1H4. The average molecular weight is 223 g/mol. The summed E-state index contributed by atoms with van der Waals surface area (Å²) in [6, 6.07) is 0. The topological polar surface area (TPSA) is 37.4 Å². The molecule has 0 saturated carbocycles. The maximum absolute atomic E-state index is 11.5. The molecule has 1 fully saturated rings. The van der Waals surface area contributed by atoms with Crippen LogP contribution in [0.3, 0.4) is 0 Å². The van der Waals surface area contributed by atoms with Gasteiger partial charge in [0, 0.05) is 13.1 Å². The maximum Gasteiger partial charge on any atom is 0.216 e. The molecule has 0 spiro atoms. The molecule has 0 aliphatic carbocycles. The zero-order valence-corrected chi connectivity index (χ0v) is 9.89. The van der Waals surface area contributed by atoms with E-state index in [0.717, 1.165) is 25.9 Å². The lowest BCUT2D eigenvalue weighted by Gasteiger charge is -2.17. The van der Waals surface area contributed by atoms with Gasteiger partial charge in [0.05, 0.1) is 5.25 Å². The number of hydrogen-bond donors (Lipinski definition) is 0. The Balaban J connectivity index is 0. The number of sulfonamides is 1. The quantitative estimate of drug-likeness (QED) is 0.721. The van der Waals surface area contributed by atoms with Gasteiger partial charge in [0.2, 0.25) is 10.0 Å². The van der Waals surface area contributed by atoms with Crippen molar-refractivity contribution in [2.45, 2.75) is 53.2 Å². The van der Waals surface area contributed by atoms with Crippen LogP contribution < -0.4 is 0 Å². The van der Waals surface area contributed by atoms with Crippen molar-refractivity contribution < 1.29 is 8.42 Å². The minimum atomic E-state index is -2.94. The maximum atomic E-state index is 11.5. The van der Waals surface area contributed by atoms with E-state index in [4.69, 9.17) is 0 Å². The molecule has 0 unspecified atom stereocenters. The fourth-order valence-corrected chi connectivity index (χ4v) is 2.60.